The second kappa shape index (κ2) is 8.01. The molecule has 7 nitrogen and oxygen atoms in total. The van der Waals surface area contributed by atoms with Crippen LogP contribution in [0, 0.1) is 5.92 Å². The van der Waals surface area contributed by atoms with Gasteiger partial charge in [-0.1, -0.05) is 25.1 Å². The Labute approximate surface area is 176 Å². The molecule has 0 saturated carbocycles. The fourth-order valence-electron chi connectivity index (χ4n) is 3.65. The molecule has 0 bridgehead atoms. The zero-order chi connectivity index (χ0) is 22.2. The SMILES string of the molecule is C[C@@H]1CC(=O)N(CC(F)(F)F)N=C1c1ccc(NC(=O)N2Cc3cccnc3C2)cc1. The molecule has 4 rings (SSSR count). The predicted molar refractivity (Wildman–Crippen MR) is 107 cm³/mol. The van der Waals surface area contributed by atoms with Gasteiger partial charge in [0.15, 0.2) is 0 Å². The Bertz CT molecular complexity index is 1010. The molecule has 2 aliphatic heterocycles. The van der Waals surface area contributed by atoms with E-state index in [1.165, 1.54) is 0 Å². The van der Waals surface area contributed by atoms with Crippen LogP contribution in [-0.2, 0) is 17.9 Å². The highest BCUT2D eigenvalue weighted by Crippen LogP contribution is 2.26. The molecular formula is C21H20F3N5O2. The topological polar surface area (TPSA) is 77.9 Å². The minimum Gasteiger partial charge on any atom is -0.314 e. The van der Waals surface area contributed by atoms with Crippen molar-refractivity contribution in [3.05, 3.63) is 59.4 Å². The van der Waals surface area contributed by atoms with Crippen LogP contribution in [0.3, 0.4) is 0 Å². The third-order valence-corrected chi connectivity index (χ3v) is 5.20. The number of urea groups is 1. The van der Waals surface area contributed by atoms with Crippen molar-refractivity contribution in [1.29, 1.82) is 0 Å². The first-order valence-corrected chi connectivity index (χ1v) is 9.74. The zero-order valence-electron chi connectivity index (χ0n) is 16.7. The van der Waals surface area contributed by atoms with Crippen LogP contribution < -0.4 is 5.32 Å². The lowest BCUT2D eigenvalue weighted by Crippen LogP contribution is -2.41. The van der Waals surface area contributed by atoms with Crippen molar-refractivity contribution in [3.8, 4) is 0 Å². The van der Waals surface area contributed by atoms with Gasteiger partial charge in [0, 0.05) is 30.8 Å². The quantitative estimate of drug-likeness (QED) is 0.804. The predicted octanol–water partition coefficient (Wildman–Crippen LogP) is 3.76. The number of halogens is 3. The third-order valence-electron chi connectivity index (χ3n) is 5.20. The van der Waals surface area contributed by atoms with E-state index in [1.54, 1.807) is 42.3 Å². The summed E-state index contributed by atoms with van der Waals surface area (Å²) in [6.07, 6.45) is -2.88. The third kappa shape index (κ3) is 4.68. The summed E-state index contributed by atoms with van der Waals surface area (Å²) in [4.78, 5) is 30.4. The molecular weight excluding hydrogens is 411 g/mol. The molecule has 1 aromatic heterocycles. The molecule has 2 aromatic rings. The molecule has 3 amide bonds. The average Bonchev–Trinajstić information content (AvgIpc) is 3.14. The highest BCUT2D eigenvalue weighted by atomic mass is 19.4. The number of aromatic nitrogens is 1. The molecule has 0 radical (unpaired) electrons. The maximum atomic E-state index is 12.7. The van der Waals surface area contributed by atoms with Gasteiger partial charge in [-0.2, -0.15) is 18.3 Å². The van der Waals surface area contributed by atoms with Crippen molar-refractivity contribution in [2.45, 2.75) is 32.6 Å². The lowest BCUT2D eigenvalue weighted by molar-refractivity contribution is -0.162. The number of carbonyl (C=O) groups excluding carboxylic acids is 2. The number of amides is 3. The molecule has 3 heterocycles. The number of rotatable bonds is 3. The Morgan fingerprint density at radius 3 is 2.61 bits per heavy atom. The Kier molecular flexibility index (Phi) is 5.38. The van der Waals surface area contributed by atoms with Crippen LogP contribution in [0.5, 0.6) is 0 Å². The molecule has 0 saturated heterocycles. The first-order valence-electron chi connectivity index (χ1n) is 9.74. The first-order chi connectivity index (χ1) is 14.7. The highest BCUT2D eigenvalue weighted by Gasteiger charge is 2.36. The molecule has 1 N–H and O–H groups in total. The van der Waals surface area contributed by atoms with E-state index in [1.807, 2.05) is 12.1 Å². The molecule has 0 unspecified atom stereocenters. The maximum absolute atomic E-state index is 12.7. The second-order valence-corrected chi connectivity index (χ2v) is 7.63. The van der Waals surface area contributed by atoms with Crippen LogP contribution in [0.2, 0.25) is 0 Å². The molecule has 0 spiro atoms. The number of benzene rings is 1. The van der Waals surface area contributed by atoms with Gasteiger partial charge in [-0.05, 0) is 29.3 Å². The van der Waals surface area contributed by atoms with Crippen molar-refractivity contribution in [3.63, 3.8) is 0 Å². The van der Waals surface area contributed by atoms with Crippen LogP contribution >= 0.6 is 0 Å². The minimum atomic E-state index is -4.52. The van der Waals surface area contributed by atoms with Crippen molar-refractivity contribution in [2.24, 2.45) is 11.0 Å². The van der Waals surface area contributed by atoms with Crippen molar-refractivity contribution in [1.82, 2.24) is 14.9 Å². The summed E-state index contributed by atoms with van der Waals surface area (Å²) in [5, 5.41) is 7.24. The van der Waals surface area contributed by atoms with Gasteiger partial charge in [0.05, 0.1) is 18.0 Å². The van der Waals surface area contributed by atoms with Gasteiger partial charge >= 0.3 is 12.2 Å². The molecule has 2 aliphatic rings. The number of pyridine rings is 1. The Morgan fingerprint density at radius 1 is 1.19 bits per heavy atom. The molecule has 10 heteroatoms. The van der Waals surface area contributed by atoms with Gasteiger partial charge in [0.25, 0.3) is 0 Å². The number of nitrogens with one attached hydrogen (secondary N) is 1. The van der Waals surface area contributed by atoms with Crippen LogP contribution in [0.4, 0.5) is 23.7 Å². The Morgan fingerprint density at radius 2 is 1.94 bits per heavy atom. The zero-order valence-corrected chi connectivity index (χ0v) is 16.7. The summed E-state index contributed by atoms with van der Waals surface area (Å²) in [6.45, 7) is 1.24. The summed E-state index contributed by atoms with van der Waals surface area (Å²) in [5.74, 6) is -0.966. The van der Waals surface area contributed by atoms with E-state index in [2.05, 4.69) is 15.4 Å². The van der Waals surface area contributed by atoms with Gasteiger partial charge in [-0.3, -0.25) is 9.78 Å². The summed E-state index contributed by atoms with van der Waals surface area (Å²) in [6, 6.07) is 10.2. The van der Waals surface area contributed by atoms with Gasteiger partial charge in [0.1, 0.15) is 6.54 Å². The van der Waals surface area contributed by atoms with E-state index in [0.29, 0.717) is 35.1 Å². The maximum Gasteiger partial charge on any atom is 0.408 e. The number of fused-ring (bicyclic) bond motifs is 1. The number of alkyl halides is 3. The summed E-state index contributed by atoms with van der Waals surface area (Å²) in [5.41, 5.74) is 3.43. The molecule has 0 fully saturated rings. The van der Waals surface area contributed by atoms with E-state index >= 15 is 0 Å². The van der Waals surface area contributed by atoms with Gasteiger partial charge in [-0.15, -0.1) is 0 Å². The standard InChI is InChI=1S/C21H20F3N5O2/c1-13-9-18(30)29(12-21(22,23)24)27-19(13)14-4-6-16(7-5-14)26-20(31)28-10-15-3-2-8-25-17(15)11-28/h2-8,13H,9-12H2,1H3,(H,26,31)/t13-/m1/s1. The smallest absolute Gasteiger partial charge is 0.314 e. The van der Waals surface area contributed by atoms with Gasteiger partial charge in [-0.25, -0.2) is 9.80 Å². The van der Waals surface area contributed by atoms with E-state index in [4.69, 9.17) is 0 Å². The molecule has 1 atom stereocenters. The Balaban J connectivity index is 1.45. The van der Waals surface area contributed by atoms with Gasteiger partial charge in [0.2, 0.25) is 5.91 Å². The first kappa shape index (κ1) is 20.8. The molecule has 162 valence electrons. The number of hydrogen-bond donors (Lipinski definition) is 1. The van der Waals surface area contributed by atoms with E-state index in [0.717, 1.165) is 11.3 Å². The minimum absolute atomic E-state index is 0.0447. The summed E-state index contributed by atoms with van der Waals surface area (Å²) in [7, 11) is 0. The van der Waals surface area contributed by atoms with Gasteiger partial charge < -0.3 is 10.2 Å². The molecule has 0 aliphatic carbocycles. The van der Waals surface area contributed by atoms with Crippen LogP contribution in [0.15, 0.2) is 47.7 Å². The summed E-state index contributed by atoms with van der Waals surface area (Å²) >= 11 is 0. The summed E-state index contributed by atoms with van der Waals surface area (Å²) < 4.78 is 38.2. The van der Waals surface area contributed by atoms with E-state index in [-0.39, 0.29) is 18.4 Å². The van der Waals surface area contributed by atoms with Crippen LogP contribution in [0.25, 0.3) is 0 Å². The monoisotopic (exact) mass is 431 g/mol. The number of nitrogens with zero attached hydrogens (tertiary/aromatic N) is 4. The lowest BCUT2D eigenvalue weighted by Gasteiger charge is -2.28. The fourth-order valence-corrected chi connectivity index (χ4v) is 3.65. The van der Waals surface area contributed by atoms with E-state index in [9.17, 15) is 22.8 Å². The number of hydrogen-bond acceptors (Lipinski definition) is 4. The molecule has 31 heavy (non-hydrogen) atoms. The average molecular weight is 431 g/mol. The normalized spacial score (nSPS) is 18.6. The number of anilines is 1. The largest absolute Gasteiger partial charge is 0.408 e. The van der Waals surface area contributed by atoms with Crippen LogP contribution in [-0.4, -0.2) is 45.3 Å². The highest BCUT2D eigenvalue weighted by molar-refractivity contribution is 6.06. The number of hydrazone groups is 1. The number of carbonyl (C=O) groups is 2. The van der Waals surface area contributed by atoms with Crippen molar-refractivity contribution in [2.75, 3.05) is 11.9 Å². The van der Waals surface area contributed by atoms with E-state index < -0.39 is 18.6 Å². The Hall–Kier alpha value is -3.43. The fraction of sp³-hybridized carbons (Fsp3) is 0.333. The second-order valence-electron chi connectivity index (χ2n) is 7.63. The lowest BCUT2D eigenvalue weighted by atomic mass is 9.93. The van der Waals surface area contributed by atoms with Crippen molar-refractivity contribution < 1.29 is 22.8 Å². The van der Waals surface area contributed by atoms with Crippen LogP contribution in [0.1, 0.15) is 30.2 Å². The molecule has 1 aromatic carbocycles. The van der Waals surface area contributed by atoms with Crippen molar-refractivity contribution >= 4 is 23.3 Å².